The Hall–Kier alpha value is -1.88. The molecule has 0 unspecified atom stereocenters. The Morgan fingerprint density at radius 1 is 1.26 bits per heavy atom. The van der Waals surface area contributed by atoms with Crippen LogP contribution < -0.4 is 0 Å². The van der Waals surface area contributed by atoms with Gasteiger partial charge in [-0.15, -0.1) is 0 Å². The van der Waals surface area contributed by atoms with Crippen molar-refractivity contribution in [3.8, 4) is 5.69 Å². The third kappa shape index (κ3) is 2.61. The van der Waals surface area contributed by atoms with Crippen molar-refractivity contribution < 1.29 is 4.79 Å². The highest BCUT2D eigenvalue weighted by atomic mass is 32.1. The van der Waals surface area contributed by atoms with Crippen LogP contribution in [0.2, 0.25) is 0 Å². The molecule has 0 radical (unpaired) electrons. The molecule has 0 spiro atoms. The van der Waals surface area contributed by atoms with E-state index >= 15 is 0 Å². The van der Waals surface area contributed by atoms with E-state index in [1.54, 1.807) is 15.7 Å². The van der Waals surface area contributed by atoms with E-state index in [1.165, 1.54) is 0 Å². The molecule has 0 saturated heterocycles. The Morgan fingerprint density at radius 2 is 1.89 bits per heavy atom. The van der Waals surface area contributed by atoms with E-state index in [4.69, 9.17) is 12.2 Å². The van der Waals surface area contributed by atoms with E-state index in [1.807, 2.05) is 44.2 Å². The molecule has 1 N–H and O–H groups in total. The molecule has 100 valence electrons. The van der Waals surface area contributed by atoms with Crippen molar-refractivity contribution in [3.05, 3.63) is 47.0 Å². The standard InChI is InChI=1S/C14H17N3OS/c1-3-16(4-2)13(18)12-10-15-14(19)17(12)11-8-6-5-7-9-11/h5-10H,3-4H2,1-2H3,(H,15,19). The number of amides is 1. The molecule has 0 atom stereocenters. The predicted octanol–water partition coefficient (Wildman–Crippen LogP) is 3.02. The first-order valence-electron chi connectivity index (χ1n) is 6.34. The van der Waals surface area contributed by atoms with Crippen molar-refractivity contribution in [1.82, 2.24) is 14.5 Å². The molecule has 2 rings (SSSR count). The summed E-state index contributed by atoms with van der Waals surface area (Å²) in [5.41, 5.74) is 1.46. The molecule has 4 nitrogen and oxygen atoms in total. The summed E-state index contributed by atoms with van der Waals surface area (Å²) >= 11 is 5.27. The van der Waals surface area contributed by atoms with Crippen molar-refractivity contribution >= 4 is 18.1 Å². The minimum Gasteiger partial charge on any atom is -0.338 e. The van der Waals surface area contributed by atoms with Gasteiger partial charge in [-0.2, -0.15) is 0 Å². The Labute approximate surface area is 117 Å². The van der Waals surface area contributed by atoms with E-state index in [9.17, 15) is 4.79 Å². The van der Waals surface area contributed by atoms with E-state index in [-0.39, 0.29) is 5.91 Å². The number of hydrogen-bond donors (Lipinski definition) is 1. The van der Waals surface area contributed by atoms with Gasteiger partial charge < -0.3 is 9.88 Å². The molecule has 0 saturated carbocycles. The summed E-state index contributed by atoms with van der Waals surface area (Å²) in [4.78, 5) is 17.2. The largest absolute Gasteiger partial charge is 0.338 e. The van der Waals surface area contributed by atoms with Crippen molar-refractivity contribution in [3.63, 3.8) is 0 Å². The van der Waals surface area contributed by atoms with Crippen LogP contribution in [0.3, 0.4) is 0 Å². The summed E-state index contributed by atoms with van der Waals surface area (Å²) in [6.07, 6.45) is 1.68. The predicted molar refractivity (Wildman–Crippen MR) is 78.2 cm³/mol. The first-order valence-corrected chi connectivity index (χ1v) is 6.75. The summed E-state index contributed by atoms with van der Waals surface area (Å²) in [6, 6.07) is 9.66. The summed E-state index contributed by atoms with van der Waals surface area (Å²) in [6.45, 7) is 5.30. The molecule has 0 aliphatic heterocycles. The van der Waals surface area contributed by atoms with Gasteiger partial charge in [0.25, 0.3) is 5.91 Å². The second-order valence-corrected chi connectivity index (χ2v) is 4.51. The van der Waals surface area contributed by atoms with Crippen molar-refractivity contribution in [2.45, 2.75) is 13.8 Å². The van der Waals surface area contributed by atoms with Crippen molar-refractivity contribution in [2.75, 3.05) is 13.1 Å². The van der Waals surface area contributed by atoms with Crippen LogP contribution in [0, 0.1) is 4.77 Å². The fraction of sp³-hybridized carbons (Fsp3) is 0.286. The van der Waals surface area contributed by atoms with Gasteiger partial charge in [-0.1, -0.05) is 18.2 Å². The monoisotopic (exact) mass is 275 g/mol. The van der Waals surface area contributed by atoms with Gasteiger partial charge in [0.1, 0.15) is 5.69 Å². The number of nitrogens with zero attached hydrogens (tertiary/aromatic N) is 2. The molecular weight excluding hydrogens is 258 g/mol. The first-order chi connectivity index (χ1) is 9.19. The maximum absolute atomic E-state index is 12.5. The van der Waals surface area contributed by atoms with Crippen LogP contribution in [0.4, 0.5) is 0 Å². The number of rotatable bonds is 4. The maximum atomic E-state index is 12.5. The average Bonchev–Trinajstić information content (AvgIpc) is 2.83. The summed E-state index contributed by atoms with van der Waals surface area (Å²) in [7, 11) is 0. The van der Waals surface area contributed by atoms with Gasteiger partial charge in [-0.25, -0.2) is 0 Å². The lowest BCUT2D eigenvalue weighted by Crippen LogP contribution is -2.31. The van der Waals surface area contributed by atoms with E-state index in [0.717, 1.165) is 5.69 Å². The zero-order chi connectivity index (χ0) is 13.8. The molecule has 1 amide bonds. The van der Waals surface area contributed by atoms with E-state index < -0.39 is 0 Å². The van der Waals surface area contributed by atoms with Gasteiger partial charge in [0.2, 0.25) is 0 Å². The molecule has 0 aliphatic rings. The lowest BCUT2D eigenvalue weighted by molar-refractivity contribution is 0.0765. The topological polar surface area (TPSA) is 41.0 Å². The number of nitrogens with one attached hydrogen (secondary N) is 1. The number of imidazole rings is 1. The van der Waals surface area contributed by atoms with Crippen LogP contribution in [0.15, 0.2) is 36.5 Å². The molecule has 0 aliphatic carbocycles. The lowest BCUT2D eigenvalue weighted by Gasteiger charge is -2.19. The van der Waals surface area contributed by atoms with Crippen LogP contribution in [0.5, 0.6) is 0 Å². The second-order valence-electron chi connectivity index (χ2n) is 4.13. The van der Waals surface area contributed by atoms with Crippen molar-refractivity contribution in [1.29, 1.82) is 0 Å². The molecule has 1 aromatic carbocycles. The third-order valence-corrected chi connectivity index (χ3v) is 3.36. The number of carbonyl (C=O) groups is 1. The zero-order valence-electron chi connectivity index (χ0n) is 11.1. The van der Waals surface area contributed by atoms with Gasteiger partial charge in [0.15, 0.2) is 4.77 Å². The van der Waals surface area contributed by atoms with Crippen LogP contribution in [-0.2, 0) is 0 Å². The highest BCUT2D eigenvalue weighted by Gasteiger charge is 2.18. The van der Waals surface area contributed by atoms with Crippen LogP contribution in [0.1, 0.15) is 24.3 Å². The number of H-pyrrole nitrogens is 1. The van der Waals surface area contributed by atoms with E-state index in [2.05, 4.69) is 4.98 Å². The highest BCUT2D eigenvalue weighted by Crippen LogP contribution is 2.14. The van der Waals surface area contributed by atoms with Gasteiger partial charge in [-0.05, 0) is 38.2 Å². The van der Waals surface area contributed by atoms with E-state index in [0.29, 0.717) is 23.6 Å². The quantitative estimate of drug-likeness (QED) is 0.871. The van der Waals surface area contributed by atoms with Gasteiger partial charge in [0.05, 0.1) is 0 Å². The van der Waals surface area contributed by atoms with Crippen LogP contribution in [-0.4, -0.2) is 33.4 Å². The second kappa shape index (κ2) is 5.84. The minimum absolute atomic E-state index is 0.0128. The number of para-hydroxylation sites is 1. The fourth-order valence-electron chi connectivity index (χ4n) is 2.03. The Kier molecular flexibility index (Phi) is 4.16. The van der Waals surface area contributed by atoms with Gasteiger partial charge >= 0.3 is 0 Å². The molecule has 2 aromatic rings. The third-order valence-electron chi connectivity index (χ3n) is 3.06. The fourth-order valence-corrected chi connectivity index (χ4v) is 2.29. The number of aromatic amines is 1. The lowest BCUT2D eigenvalue weighted by atomic mass is 10.3. The molecule has 5 heteroatoms. The van der Waals surface area contributed by atoms with Crippen molar-refractivity contribution in [2.24, 2.45) is 0 Å². The SMILES string of the molecule is CCN(CC)C(=O)c1c[nH]c(=S)n1-c1ccccc1. The average molecular weight is 275 g/mol. The molecule has 19 heavy (non-hydrogen) atoms. The molecular formula is C14H17N3OS. The molecule has 1 aromatic heterocycles. The van der Waals surface area contributed by atoms with Gasteiger partial charge in [-0.3, -0.25) is 9.36 Å². The maximum Gasteiger partial charge on any atom is 0.272 e. The number of benzene rings is 1. The number of aromatic nitrogens is 2. The first kappa shape index (κ1) is 13.5. The Morgan fingerprint density at radius 3 is 2.47 bits per heavy atom. The number of carbonyl (C=O) groups excluding carboxylic acids is 1. The smallest absolute Gasteiger partial charge is 0.272 e. The normalized spacial score (nSPS) is 10.4. The van der Waals surface area contributed by atoms with Gasteiger partial charge in [0, 0.05) is 25.0 Å². The summed E-state index contributed by atoms with van der Waals surface area (Å²) in [5, 5.41) is 0. The minimum atomic E-state index is -0.0128. The molecule has 1 heterocycles. The Bertz CT molecular complexity index is 611. The van der Waals surface area contributed by atoms with Crippen LogP contribution in [0.25, 0.3) is 5.69 Å². The highest BCUT2D eigenvalue weighted by molar-refractivity contribution is 7.71. The Balaban J connectivity index is 2.50. The zero-order valence-corrected chi connectivity index (χ0v) is 11.9. The molecule has 0 fully saturated rings. The summed E-state index contributed by atoms with van der Waals surface area (Å²) in [5.74, 6) is -0.0128. The number of hydrogen-bond acceptors (Lipinski definition) is 2. The van der Waals surface area contributed by atoms with Crippen LogP contribution >= 0.6 is 12.2 Å². The molecule has 0 bridgehead atoms. The summed E-state index contributed by atoms with van der Waals surface area (Å²) < 4.78 is 2.30.